The minimum atomic E-state index is -0.958. The summed E-state index contributed by atoms with van der Waals surface area (Å²) < 4.78 is 0.840. The zero-order chi connectivity index (χ0) is 11.9. The van der Waals surface area contributed by atoms with E-state index in [9.17, 15) is 9.90 Å². The molecule has 0 saturated carbocycles. The Hall–Kier alpha value is -1.39. The molecule has 3 nitrogen and oxygen atoms in total. The van der Waals surface area contributed by atoms with E-state index < -0.39 is 11.6 Å². The maximum atomic E-state index is 10.9. The highest BCUT2D eigenvalue weighted by Crippen LogP contribution is 2.34. The average Bonchev–Trinajstić information content (AvgIpc) is 2.58. The molecule has 0 atom stereocenters. The molecule has 0 saturated heterocycles. The van der Waals surface area contributed by atoms with Gasteiger partial charge >= 0.3 is 5.97 Å². The van der Waals surface area contributed by atoms with Crippen LogP contribution in [0.15, 0.2) is 24.3 Å². The number of carboxylic acid groups (broad SMARTS) is 1. The van der Waals surface area contributed by atoms with E-state index in [2.05, 4.69) is 0 Å². The minimum absolute atomic E-state index is 0.298. The van der Waals surface area contributed by atoms with Crippen molar-refractivity contribution in [2.24, 2.45) is 0 Å². The van der Waals surface area contributed by atoms with Gasteiger partial charge in [0.05, 0.1) is 5.60 Å². The van der Waals surface area contributed by atoms with Crippen molar-refractivity contribution in [2.75, 3.05) is 0 Å². The molecule has 2 N–H and O–H groups in total. The van der Waals surface area contributed by atoms with E-state index in [4.69, 9.17) is 5.11 Å². The highest BCUT2D eigenvalue weighted by molar-refractivity contribution is 7.21. The summed E-state index contributed by atoms with van der Waals surface area (Å²) in [6.45, 7) is 3.39. The molecule has 0 spiro atoms. The molecule has 0 unspecified atom stereocenters. The minimum Gasteiger partial charge on any atom is -0.477 e. The molecule has 0 radical (unpaired) electrons. The molecular weight excluding hydrogens is 224 g/mol. The van der Waals surface area contributed by atoms with Gasteiger partial charge in [0.1, 0.15) is 4.88 Å². The molecular formula is C12H12O3S. The highest BCUT2D eigenvalue weighted by atomic mass is 32.1. The van der Waals surface area contributed by atoms with Crippen LogP contribution in [-0.4, -0.2) is 16.2 Å². The van der Waals surface area contributed by atoms with E-state index in [1.807, 2.05) is 18.2 Å². The van der Waals surface area contributed by atoms with Gasteiger partial charge in [-0.1, -0.05) is 18.2 Å². The predicted octanol–water partition coefficient (Wildman–Crippen LogP) is 2.83. The van der Waals surface area contributed by atoms with Gasteiger partial charge in [0, 0.05) is 10.3 Å². The zero-order valence-electron chi connectivity index (χ0n) is 9.02. The third-order valence-electron chi connectivity index (χ3n) is 2.41. The van der Waals surface area contributed by atoms with Gasteiger partial charge in [0.25, 0.3) is 0 Å². The number of hydrogen-bond donors (Lipinski definition) is 2. The summed E-state index contributed by atoms with van der Waals surface area (Å²) in [5.41, 5.74) is -0.192. The van der Waals surface area contributed by atoms with Crippen molar-refractivity contribution >= 4 is 27.4 Å². The van der Waals surface area contributed by atoms with Gasteiger partial charge in [-0.15, -0.1) is 11.3 Å². The summed E-state index contributed by atoms with van der Waals surface area (Å²) >= 11 is 1.20. The van der Waals surface area contributed by atoms with Crippen LogP contribution in [0.25, 0.3) is 10.1 Å². The molecule has 0 amide bonds. The Morgan fingerprint density at radius 2 is 2.06 bits per heavy atom. The largest absolute Gasteiger partial charge is 0.477 e. The van der Waals surface area contributed by atoms with Gasteiger partial charge in [-0.2, -0.15) is 0 Å². The van der Waals surface area contributed by atoms with Crippen LogP contribution in [0.4, 0.5) is 0 Å². The Balaban J connectivity index is 2.73. The Morgan fingerprint density at radius 3 is 2.62 bits per heavy atom. The van der Waals surface area contributed by atoms with Crippen molar-refractivity contribution in [3.05, 3.63) is 34.7 Å². The number of thiophene rings is 1. The molecule has 2 aromatic rings. The normalized spacial score (nSPS) is 11.9. The Bertz CT molecular complexity index is 549. The average molecular weight is 236 g/mol. The second-order valence-electron chi connectivity index (χ2n) is 4.20. The molecule has 0 fully saturated rings. The fourth-order valence-corrected chi connectivity index (χ4v) is 2.82. The predicted molar refractivity (Wildman–Crippen MR) is 64.0 cm³/mol. The molecule has 0 aliphatic heterocycles. The number of fused-ring (bicyclic) bond motifs is 1. The second-order valence-corrected chi connectivity index (χ2v) is 5.25. The number of benzene rings is 1. The lowest BCUT2D eigenvalue weighted by atomic mass is 9.97. The third-order valence-corrected chi connectivity index (χ3v) is 3.59. The van der Waals surface area contributed by atoms with Gasteiger partial charge < -0.3 is 10.2 Å². The first-order chi connectivity index (χ1) is 7.39. The van der Waals surface area contributed by atoms with Crippen LogP contribution in [-0.2, 0) is 5.60 Å². The van der Waals surface area contributed by atoms with Crippen molar-refractivity contribution in [1.29, 1.82) is 0 Å². The third kappa shape index (κ3) is 1.81. The SMILES string of the molecule is CC(C)(O)c1cccc2cc(C(=O)O)sc12. The molecule has 84 valence electrons. The molecule has 1 aromatic heterocycles. The summed E-state index contributed by atoms with van der Waals surface area (Å²) in [5.74, 6) is -0.928. The van der Waals surface area contributed by atoms with Gasteiger partial charge in [0.2, 0.25) is 0 Å². The fourth-order valence-electron chi connectivity index (χ4n) is 1.65. The molecule has 4 heteroatoms. The highest BCUT2D eigenvalue weighted by Gasteiger charge is 2.21. The summed E-state index contributed by atoms with van der Waals surface area (Å²) in [4.78, 5) is 11.2. The van der Waals surface area contributed by atoms with E-state index in [1.54, 1.807) is 19.9 Å². The molecule has 1 heterocycles. The summed E-state index contributed by atoms with van der Waals surface area (Å²) in [6, 6.07) is 7.14. The van der Waals surface area contributed by atoms with Crippen molar-refractivity contribution in [2.45, 2.75) is 19.4 Å². The first-order valence-electron chi connectivity index (χ1n) is 4.88. The quantitative estimate of drug-likeness (QED) is 0.843. The van der Waals surface area contributed by atoms with E-state index in [0.29, 0.717) is 4.88 Å². The molecule has 0 aliphatic carbocycles. The Morgan fingerprint density at radius 1 is 1.38 bits per heavy atom. The molecule has 0 bridgehead atoms. The van der Waals surface area contributed by atoms with Crippen LogP contribution in [0.1, 0.15) is 29.1 Å². The number of carboxylic acids is 1. The topological polar surface area (TPSA) is 57.5 Å². The zero-order valence-corrected chi connectivity index (χ0v) is 9.84. The summed E-state index contributed by atoms with van der Waals surface area (Å²) in [5, 5.41) is 19.8. The standard InChI is InChI=1S/C12H12O3S/c1-12(2,15)8-5-3-4-7-6-9(11(13)14)16-10(7)8/h3-6,15H,1-2H3,(H,13,14). The number of carbonyl (C=O) groups is 1. The number of aliphatic hydroxyl groups is 1. The molecule has 0 aliphatic rings. The monoisotopic (exact) mass is 236 g/mol. The summed E-state index contributed by atoms with van der Waals surface area (Å²) in [6.07, 6.45) is 0. The maximum absolute atomic E-state index is 10.9. The van der Waals surface area contributed by atoms with Gasteiger partial charge in [-0.3, -0.25) is 0 Å². The maximum Gasteiger partial charge on any atom is 0.345 e. The number of hydrogen-bond acceptors (Lipinski definition) is 3. The van der Waals surface area contributed by atoms with Gasteiger partial charge in [-0.25, -0.2) is 4.79 Å². The lowest BCUT2D eigenvalue weighted by Crippen LogP contribution is -2.15. The van der Waals surface area contributed by atoms with Crippen LogP contribution < -0.4 is 0 Å². The van der Waals surface area contributed by atoms with Crippen LogP contribution in [0.5, 0.6) is 0 Å². The molecule has 16 heavy (non-hydrogen) atoms. The van der Waals surface area contributed by atoms with Crippen molar-refractivity contribution < 1.29 is 15.0 Å². The second kappa shape index (κ2) is 3.57. The lowest BCUT2D eigenvalue weighted by molar-refractivity contribution is 0.0701. The smallest absolute Gasteiger partial charge is 0.345 e. The number of aromatic carboxylic acids is 1. The van der Waals surface area contributed by atoms with E-state index in [0.717, 1.165) is 15.6 Å². The Kier molecular flexibility index (Phi) is 2.48. The van der Waals surface area contributed by atoms with Crippen LogP contribution in [0, 0.1) is 0 Å². The van der Waals surface area contributed by atoms with Crippen LogP contribution >= 0.6 is 11.3 Å². The first kappa shape index (κ1) is 11.1. The van der Waals surface area contributed by atoms with Crippen molar-refractivity contribution in [1.82, 2.24) is 0 Å². The Labute approximate surface area is 97.0 Å². The van der Waals surface area contributed by atoms with Gasteiger partial charge in [-0.05, 0) is 25.3 Å². The lowest BCUT2D eigenvalue weighted by Gasteiger charge is -2.18. The van der Waals surface area contributed by atoms with Crippen LogP contribution in [0.2, 0.25) is 0 Å². The van der Waals surface area contributed by atoms with Crippen LogP contribution in [0.3, 0.4) is 0 Å². The molecule has 1 aromatic carbocycles. The summed E-state index contributed by atoms with van der Waals surface area (Å²) in [7, 11) is 0. The van der Waals surface area contributed by atoms with Crippen molar-refractivity contribution in [3.63, 3.8) is 0 Å². The van der Waals surface area contributed by atoms with E-state index in [1.165, 1.54) is 11.3 Å². The van der Waals surface area contributed by atoms with Gasteiger partial charge in [0.15, 0.2) is 0 Å². The molecule has 2 rings (SSSR count). The number of rotatable bonds is 2. The van der Waals surface area contributed by atoms with Crippen molar-refractivity contribution in [3.8, 4) is 0 Å². The van der Waals surface area contributed by atoms with E-state index >= 15 is 0 Å². The van der Waals surface area contributed by atoms with E-state index in [-0.39, 0.29) is 0 Å². The fraction of sp³-hybridized carbons (Fsp3) is 0.250. The first-order valence-corrected chi connectivity index (χ1v) is 5.70.